The van der Waals surface area contributed by atoms with E-state index in [1.807, 2.05) is 0 Å². The van der Waals surface area contributed by atoms with Gasteiger partial charge in [-0.15, -0.1) is 0 Å². The van der Waals surface area contributed by atoms with Gasteiger partial charge in [-0.05, 0) is 53.5 Å². The first kappa shape index (κ1) is 51.0. The monoisotopic (exact) mass is 718 g/mol. The summed E-state index contributed by atoms with van der Waals surface area (Å²) in [6, 6.07) is 0. The zero-order valence-electron chi connectivity index (χ0n) is 37.4. The Balaban J connectivity index is 4.51. The first-order valence-electron chi connectivity index (χ1n) is 24.6. The molecule has 0 aliphatic carbocycles. The summed E-state index contributed by atoms with van der Waals surface area (Å²) in [6.07, 6.45) is 57.8. The Labute approximate surface area is 326 Å². The van der Waals surface area contributed by atoms with Crippen LogP contribution in [0, 0.1) is 0 Å². The first-order valence-corrected chi connectivity index (χ1v) is 24.6. The fraction of sp³-hybridized carbons (Fsp3) is 1.00. The number of nitrogens with zero attached hydrogens (tertiary/aromatic N) is 1. The van der Waals surface area contributed by atoms with Crippen molar-refractivity contribution in [1.82, 2.24) is 4.90 Å². The Hall–Kier alpha value is -0.0400. The van der Waals surface area contributed by atoms with Gasteiger partial charge < -0.3 is 0 Å². The molecule has 0 aromatic carbocycles. The average molecular weight is 718 g/mol. The molecule has 0 aliphatic rings. The van der Waals surface area contributed by atoms with E-state index in [0.29, 0.717) is 11.1 Å². The molecular weight excluding hydrogens is 615 g/mol. The molecule has 0 fully saturated rings. The molecule has 0 bridgehead atoms. The smallest absolute Gasteiger partial charge is 0.0158 e. The van der Waals surface area contributed by atoms with Gasteiger partial charge in [0.2, 0.25) is 0 Å². The molecule has 51 heavy (non-hydrogen) atoms. The molecule has 0 N–H and O–H groups in total. The predicted octanol–water partition coefficient (Wildman–Crippen LogP) is 18.5. The lowest BCUT2D eigenvalue weighted by molar-refractivity contribution is 0.00151. The third kappa shape index (κ3) is 34.2. The summed E-state index contributed by atoms with van der Waals surface area (Å²) in [4.78, 5) is 3.00. The second kappa shape index (κ2) is 38.2. The molecular formula is C50H103N. The zero-order valence-corrected chi connectivity index (χ0v) is 37.4. The lowest BCUT2D eigenvalue weighted by Crippen LogP contribution is -2.55. The van der Waals surface area contributed by atoms with Crippen LogP contribution < -0.4 is 0 Å². The van der Waals surface area contributed by atoms with Gasteiger partial charge in [0.25, 0.3) is 0 Å². The van der Waals surface area contributed by atoms with Crippen LogP contribution in [0.2, 0.25) is 0 Å². The highest BCUT2D eigenvalue weighted by Gasteiger charge is 2.36. The second-order valence-corrected chi connectivity index (χ2v) is 18.7. The molecule has 0 aliphatic heterocycles. The number of unbranched alkanes of at least 4 members (excludes halogenated alkanes) is 35. The van der Waals surface area contributed by atoms with Crippen molar-refractivity contribution in [2.24, 2.45) is 0 Å². The summed E-state index contributed by atoms with van der Waals surface area (Å²) >= 11 is 0. The minimum atomic E-state index is 0.301. The maximum atomic E-state index is 3.00. The molecule has 0 amide bonds. The maximum Gasteiger partial charge on any atom is 0.0158 e. The first-order chi connectivity index (χ1) is 24.8. The minimum Gasteiger partial charge on any atom is -0.293 e. The van der Waals surface area contributed by atoms with Crippen LogP contribution in [-0.2, 0) is 0 Å². The Kier molecular flexibility index (Phi) is 38.2. The molecule has 0 saturated carbocycles. The highest BCUT2D eigenvalue weighted by Crippen LogP contribution is 2.34. The van der Waals surface area contributed by atoms with Gasteiger partial charge >= 0.3 is 0 Å². The molecule has 0 unspecified atom stereocenters. The fourth-order valence-corrected chi connectivity index (χ4v) is 8.96. The van der Waals surface area contributed by atoms with E-state index in [4.69, 9.17) is 0 Å². The summed E-state index contributed by atoms with van der Waals surface area (Å²) in [7, 11) is 0. The maximum absolute atomic E-state index is 3.00. The highest BCUT2D eigenvalue weighted by atomic mass is 15.2. The molecule has 0 rings (SSSR count). The highest BCUT2D eigenvalue weighted by molar-refractivity contribution is 4.92. The number of rotatable bonds is 43. The summed E-state index contributed by atoms with van der Waals surface area (Å²) in [5.74, 6) is 0. The van der Waals surface area contributed by atoms with Crippen molar-refractivity contribution in [2.45, 2.75) is 316 Å². The van der Waals surface area contributed by atoms with Crippen LogP contribution in [0.4, 0.5) is 0 Å². The molecule has 308 valence electrons. The third-order valence-corrected chi connectivity index (χ3v) is 12.5. The molecule has 0 aromatic rings. The second-order valence-electron chi connectivity index (χ2n) is 18.7. The summed E-state index contributed by atoms with van der Waals surface area (Å²) in [5.41, 5.74) is 0.602. The Morgan fingerprint density at radius 2 is 0.412 bits per heavy atom. The molecule has 0 heterocycles. The van der Waals surface area contributed by atoms with Gasteiger partial charge in [-0.3, -0.25) is 4.90 Å². The molecule has 0 saturated heterocycles. The Bertz CT molecular complexity index is 610. The molecule has 0 atom stereocenters. The van der Waals surface area contributed by atoms with E-state index in [-0.39, 0.29) is 0 Å². The van der Waals surface area contributed by atoms with E-state index in [9.17, 15) is 0 Å². The normalized spacial score (nSPS) is 12.5. The Morgan fingerprint density at radius 3 is 0.627 bits per heavy atom. The summed E-state index contributed by atoms with van der Waals surface area (Å²) in [6.45, 7) is 18.6. The van der Waals surface area contributed by atoms with E-state index < -0.39 is 0 Å². The molecule has 0 spiro atoms. The van der Waals surface area contributed by atoms with Gasteiger partial charge in [0.15, 0.2) is 0 Å². The Morgan fingerprint density at radius 1 is 0.235 bits per heavy atom. The van der Waals surface area contributed by atoms with Crippen molar-refractivity contribution >= 4 is 0 Å². The third-order valence-electron chi connectivity index (χ3n) is 12.5. The van der Waals surface area contributed by atoms with Crippen molar-refractivity contribution in [2.75, 3.05) is 6.54 Å². The van der Waals surface area contributed by atoms with E-state index >= 15 is 0 Å². The van der Waals surface area contributed by atoms with Crippen LogP contribution in [0.25, 0.3) is 0 Å². The van der Waals surface area contributed by atoms with E-state index in [1.165, 1.54) is 263 Å². The van der Waals surface area contributed by atoms with Crippen molar-refractivity contribution in [3.8, 4) is 0 Å². The van der Waals surface area contributed by atoms with Crippen LogP contribution in [0.1, 0.15) is 305 Å². The minimum absolute atomic E-state index is 0.301. The molecule has 0 radical (unpaired) electrons. The van der Waals surface area contributed by atoms with Crippen LogP contribution >= 0.6 is 0 Å². The van der Waals surface area contributed by atoms with Gasteiger partial charge in [-0.25, -0.2) is 0 Å². The van der Waals surface area contributed by atoms with Crippen LogP contribution in [0.3, 0.4) is 0 Å². The van der Waals surface area contributed by atoms with Gasteiger partial charge in [-0.2, -0.15) is 0 Å². The standard InChI is InChI=1S/C50H103N/c1-8-11-14-17-20-23-26-29-30-33-36-39-42-45-48-51(49(4,5)46-43-40-37-34-31-27-24-21-18-15-12-9-2)50(6,7)47-44-41-38-35-32-28-25-22-19-16-13-10-3/h8-48H2,1-7H3. The van der Waals surface area contributed by atoms with Crippen molar-refractivity contribution in [1.29, 1.82) is 0 Å². The van der Waals surface area contributed by atoms with Gasteiger partial charge in [-0.1, -0.05) is 258 Å². The van der Waals surface area contributed by atoms with E-state index in [2.05, 4.69) is 53.4 Å². The van der Waals surface area contributed by atoms with Gasteiger partial charge in [0, 0.05) is 11.1 Å². The summed E-state index contributed by atoms with van der Waals surface area (Å²) < 4.78 is 0. The van der Waals surface area contributed by atoms with Crippen molar-refractivity contribution in [3.05, 3.63) is 0 Å². The average Bonchev–Trinajstić information content (AvgIpc) is 3.10. The van der Waals surface area contributed by atoms with Crippen LogP contribution in [0.15, 0.2) is 0 Å². The van der Waals surface area contributed by atoms with Crippen LogP contribution in [-0.4, -0.2) is 22.5 Å². The molecule has 1 nitrogen and oxygen atoms in total. The lowest BCUT2D eigenvalue weighted by Gasteiger charge is -2.49. The lowest BCUT2D eigenvalue weighted by atomic mass is 9.85. The number of hydrogen-bond donors (Lipinski definition) is 0. The van der Waals surface area contributed by atoms with Crippen LogP contribution in [0.5, 0.6) is 0 Å². The van der Waals surface area contributed by atoms with E-state index in [0.717, 1.165) is 0 Å². The summed E-state index contributed by atoms with van der Waals surface area (Å²) in [5, 5.41) is 0. The molecule has 1 heteroatoms. The van der Waals surface area contributed by atoms with E-state index in [1.54, 1.807) is 0 Å². The topological polar surface area (TPSA) is 3.24 Å². The van der Waals surface area contributed by atoms with Gasteiger partial charge in [0.05, 0.1) is 0 Å². The van der Waals surface area contributed by atoms with Crippen molar-refractivity contribution < 1.29 is 0 Å². The zero-order chi connectivity index (χ0) is 37.6. The fourth-order valence-electron chi connectivity index (χ4n) is 8.96. The largest absolute Gasteiger partial charge is 0.293 e. The van der Waals surface area contributed by atoms with Gasteiger partial charge in [0.1, 0.15) is 0 Å². The quantitative estimate of drug-likeness (QED) is 0.0568. The number of hydrogen-bond acceptors (Lipinski definition) is 1. The SMILES string of the molecule is CCCCCCCCCCCCCCCCN(C(C)(C)CCCCCCCCCCCCCC)C(C)(C)CCCCCCCCCCCCCC. The predicted molar refractivity (Wildman–Crippen MR) is 237 cm³/mol. The van der Waals surface area contributed by atoms with Crippen molar-refractivity contribution in [3.63, 3.8) is 0 Å². The molecule has 0 aromatic heterocycles.